The Labute approximate surface area is 111 Å². The maximum Gasteiger partial charge on any atom is 0.254 e. The van der Waals surface area contributed by atoms with Crippen molar-refractivity contribution in [3.8, 4) is 0 Å². The van der Waals surface area contributed by atoms with Gasteiger partial charge in [-0.3, -0.25) is 9.48 Å². The number of aryl methyl sites for hydroxylation is 1. The summed E-state index contributed by atoms with van der Waals surface area (Å²) in [6.45, 7) is 4.82. The molecule has 0 saturated carbocycles. The summed E-state index contributed by atoms with van der Waals surface area (Å²) in [6.07, 6.45) is 3.75. The molecule has 1 aromatic heterocycles. The van der Waals surface area contributed by atoms with Crippen LogP contribution in [0.2, 0.25) is 0 Å². The number of hydrogen-bond acceptors (Lipinski definition) is 2. The lowest BCUT2D eigenvalue weighted by Crippen LogP contribution is -2.25. The van der Waals surface area contributed by atoms with Crippen molar-refractivity contribution in [2.45, 2.75) is 26.7 Å². The summed E-state index contributed by atoms with van der Waals surface area (Å²) in [5.41, 5.74) is 1.57. The molecule has 0 aliphatic heterocycles. The Morgan fingerprint density at radius 3 is 2.88 bits per heavy atom. The van der Waals surface area contributed by atoms with E-state index in [1.54, 1.807) is 10.9 Å². The zero-order valence-corrected chi connectivity index (χ0v) is 12.2. The van der Waals surface area contributed by atoms with E-state index in [9.17, 15) is 4.79 Å². The molecule has 0 aromatic carbocycles. The van der Waals surface area contributed by atoms with Crippen molar-refractivity contribution in [3.63, 3.8) is 0 Å². The molecule has 0 aliphatic carbocycles. The van der Waals surface area contributed by atoms with E-state index in [2.05, 4.69) is 33.3 Å². The molecule has 0 bridgehead atoms. The van der Waals surface area contributed by atoms with Gasteiger partial charge in [-0.25, -0.2) is 0 Å². The number of aromatic nitrogens is 2. The molecule has 1 rings (SSSR count). The van der Waals surface area contributed by atoms with E-state index >= 15 is 0 Å². The van der Waals surface area contributed by atoms with Crippen LogP contribution in [0, 0.1) is 12.8 Å². The maximum atomic E-state index is 11.8. The van der Waals surface area contributed by atoms with Gasteiger partial charge < -0.3 is 5.32 Å². The van der Waals surface area contributed by atoms with Gasteiger partial charge in [0.05, 0.1) is 11.8 Å². The van der Waals surface area contributed by atoms with Crippen LogP contribution >= 0.6 is 15.9 Å². The van der Waals surface area contributed by atoms with Crippen molar-refractivity contribution < 1.29 is 4.79 Å². The van der Waals surface area contributed by atoms with Gasteiger partial charge in [-0.2, -0.15) is 5.10 Å². The average Bonchev–Trinajstić information content (AvgIpc) is 2.65. The number of halogens is 1. The zero-order chi connectivity index (χ0) is 12.8. The highest BCUT2D eigenvalue weighted by Gasteiger charge is 2.11. The van der Waals surface area contributed by atoms with Gasteiger partial charge in [-0.1, -0.05) is 22.9 Å². The van der Waals surface area contributed by atoms with Gasteiger partial charge in [0.1, 0.15) is 0 Å². The molecular formula is C12H20BrN3O. The highest BCUT2D eigenvalue weighted by Crippen LogP contribution is 2.08. The minimum Gasteiger partial charge on any atom is -0.352 e. The minimum absolute atomic E-state index is 0.0258. The van der Waals surface area contributed by atoms with Crippen molar-refractivity contribution in [2.24, 2.45) is 13.0 Å². The van der Waals surface area contributed by atoms with Crippen molar-refractivity contribution >= 4 is 21.8 Å². The highest BCUT2D eigenvalue weighted by atomic mass is 79.9. The summed E-state index contributed by atoms with van der Waals surface area (Å²) in [7, 11) is 1.84. The second kappa shape index (κ2) is 6.79. The Kier molecular flexibility index (Phi) is 5.68. The molecule has 1 atom stereocenters. The molecule has 0 fully saturated rings. The largest absolute Gasteiger partial charge is 0.352 e. The second-order valence-corrected chi connectivity index (χ2v) is 5.07. The van der Waals surface area contributed by atoms with Gasteiger partial charge in [0.15, 0.2) is 0 Å². The van der Waals surface area contributed by atoms with Crippen LogP contribution in [-0.2, 0) is 7.05 Å². The number of carbonyl (C=O) groups excluding carboxylic acids is 1. The predicted molar refractivity (Wildman–Crippen MR) is 72.5 cm³/mol. The normalized spacial score (nSPS) is 12.5. The smallest absolute Gasteiger partial charge is 0.254 e. The monoisotopic (exact) mass is 301 g/mol. The van der Waals surface area contributed by atoms with Crippen LogP contribution < -0.4 is 5.32 Å². The number of alkyl halides is 1. The van der Waals surface area contributed by atoms with Crippen LogP contribution in [-0.4, -0.2) is 27.6 Å². The topological polar surface area (TPSA) is 46.9 Å². The molecule has 4 nitrogen and oxygen atoms in total. The molecule has 1 aromatic rings. The molecule has 17 heavy (non-hydrogen) atoms. The molecule has 0 radical (unpaired) electrons. The van der Waals surface area contributed by atoms with Gasteiger partial charge in [0.2, 0.25) is 0 Å². The van der Waals surface area contributed by atoms with Crippen LogP contribution in [0.3, 0.4) is 0 Å². The number of nitrogens with zero attached hydrogens (tertiary/aromatic N) is 2. The van der Waals surface area contributed by atoms with E-state index in [4.69, 9.17) is 0 Å². The Hall–Kier alpha value is -0.840. The number of nitrogens with one attached hydrogen (secondary N) is 1. The van der Waals surface area contributed by atoms with Crippen LogP contribution in [0.25, 0.3) is 0 Å². The van der Waals surface area contributed by atoms with Crippen LogP contribution in [0.4, 0.5) is 0 Å². The molecule has 1 amide bonds. The quantitative estimate of drug-likeness (QED) is 0.647. The second-order valence-electron chi connectivity index (χ2n) is 4.42. The van der Waals surface area contributed by atoms with Crippen LogP contribution in [0.5, 0.6) is 0 Å². The van der Waals surface area contributed by atoms with E-state index < -0.39 is 0 Å². The van der Waals surface area contributed by atoms with E-state index in [1.807, 2.05) is 14.0 Å². The van der Waals surface area contributed by atoms with Crippen molar-refractivity contribution in [3.05, 3.63) is 17.5 Å². The number of rotatable bonds is 6. The first-order valence-corrected chi connectivity index (χ1v) is 7.01. The van der Waals surface area contributed by atoms with Gasteiger partial charge >= 0.3 is 0 Å². The Bertz CT molecular complexity index is 376. The molecule has 1 heterocycles. The molecule has 0 aliphatic rings. The zero-order valence-electron chi connectivity index (χ0n) is 10.7. The van der Waals surface area contributed by atoms with Crippen molar-refractivity contribution in [1.82, 2.24) is 15.1 Å². The lowest BCUT2D eigenvalue weighted by Gasteiger charge is -2.08. The Morgan fingerprint density at radius 1 is 1.65 bits per heavy atom. The number of carbonyl (C=O) groups is 1. The van der Waals surface area contributed by atoms with E-state index in [0.717, 1.165) is 30.4 Å². The van der Waals surface area contributed by atoms with Crippen LogP contribution in [0.1, 0.15) is 35.8 Å². The average molecular weight is 302 g/mol. The fraction of sp³-hybridized carbons (Fsp3) is 0.667. The van der Waals surface area contributed by atoms with Gasteiger partial charge in [-0.15, -0.1) is 0 Å². The summed E-state index contributed by atoms with van der Waals surface area (Å²) in [5, 5.41) is 8.00. The van der Waals surface area contributed by atoms with Gasteiger partial charge in [0.25, 0.3) is 5.91 Å². The first kappa shape index (κ1) is 14.2. The Balaban J connectivity index is 2.33. The maximum absolute atomic E-state index is 11.8. The fourth-order valence-electron chi connectivity index (χ4n) is 1.55. The SMILES string of the molecule is Cc1c(C(=O)NCCCC(C)CBr)cnn1C. The molecule has 96 valence electrons. The minimum atomic E-state index is -0.0258. The number of hydrogen-bond donors (Lipinski definition) is 1. The summed E-state index contributed by atoms with van der Waals surface area (Å²) in [5.74, 6) is 0.633. The van der Waals surface area contributed by atoms with E-state index in [-0.39, 0.29) is 5.91 Å². The lowest BCUT2D eigenvalue weighted by atomic mass is 10.1. The molecule has 0 spiro atoms. The third kappa shape index (κ3) is 4.15. The van der Waals surface area contributed by atoms with Crippen LogP contribution in [0.15, 0.2) is 6.20 Å². The summed E-state index contributed by atoms with van der Waals surface area (Å²) in [4.78, 5) is 11.8. The third-order valence-corrected chi connectivity index (χ3v) is 4.01. The molecule has 5 heteroatoms. The van der Waals surface area contributed by atoms with Crippen molar-refractivity contribution in [2.75, 3.05) is 11.9 Å². The Morgan fingerprint density at radius 2 is 2.35 bits per heavy atom. The van der Waals surface area contributed by atoms with E-state index in [1.165, 1.54) is 0 Å². The third-order valence-electron chi connectivity index (χ3n) is 2.90. The summed E-state index contributed by atoms with van der Waals surface area (Å²) < 4.78 is 1.71. The van der Waals surface area contributed by atoms with Gasteiger partial charge in [-0.05, 0) is 25.7 Å². The molecule has 1 unspecified atom stereocenters. The van der Waals surface area contributed by atoms with E-state index in [0.29, 0.717) is 11.5 Å². The lowest BCUT2D eigenvalue weighted by molar-refractivity contribution is 0.0952. The standard InChI is InChI=1S/C12H20BrN3O/c1-9(7-13)5-4-6-14-12(17)11-8-15-16(3)10(11)2/h8-9H,4-7H2,1-3H3,(H,14,17). The fourth-order valence-corrected chi connectivity index (χ4v) is 1.87. The summed E-state index contributed by atoms with van der Waals surface area (Å²) in [6, 6.07) is 0. The first-order chi connectivity index (χ1) is 8.06. The first-order valence-electron chi connectivity index (χ1n) is 5.89. The number of amides is 1. The molecular weight excluding hydrogens is 282 g/mol. The molecule has 0 saturated heterocycles. The van der Waals surface area contributed by atoms with Gasteiger partial charge in [0, 0.05) is 24.6 Å². The predicted octanol–water partition coefficient (Wildman–Crippen LogP) is 2.27. The highest BCUT2D eigenvalue weighted by molar-refractivity contribution is 9.09. The van der Waals surface area contributed by atoms with Crippen molar-refractivity contribution in [1.29, 1.82) is 0 Å². The molecule has 1 N–H and O–H groups in total. The summed E-state index contributed by atoms with van der Waals surface area (Å²) >= 11 is 3.45.